The van der Waals surface area contributed by atoms with E-state index in [2.05, 4.69) is 20.3 Å². The Bertz CT molecular complexity index is 899. The molecule has 8 heteroatoms. The van der Waals surface area contributed by atoms with Crippen LogP contribution in [0.3, 0.4) is 0 Å². The van der Waals surface area contributed by atoms with Crippen molar-refractivity contribution < 1.29 is 9.53 Å². The topological polar surface area (TPSA) is 109 Å². The number of aromatic nitrogens is 3. The van der Waals surface area contributed by atoms with Crippen molar-refractivity contribution in [1.29, 1.82) is 0 Å². The minimum Gasteiger partial charge on any atom is -0.383 e. The summed E-state index contributed by atoms with van der Waals surface area (Å²) >= 11 is 0. The molecule has 8 nitrogen and oxygen atoms in total. The Morgan fingerprint density at radius 3 is 2.68 bits per heavy atom. The van der Waals surface area contributed by atoms with Crippen molar-refractivity contribution in [2.75, 3.05) is 37.4 Å². The van der Waals surface area contributed by atoms with E-state index in [1.165, 1.54) is 0 Å². The number of nitrogens with zero attached hydrogens (tertiary/aromatic N) is 3. The van der Waals surface area contributed by atoms with E-state index in [0.29, 0.717) is 49.3 Å². The number of hydrogen-bond acceptors (Lipinski definition) is 6. The van der Waals surface area contributed by atoms with Crippen LogP contribution in [0, 0.1) is 0 Å². The maximum atomic E-state index is 12.4. The van der Waals surface area contributed by atoms with Gasteiger partial charge >= 0.3 is 0 Å². The molecule has 0 unspecified atom stereocenters. The number of anilines is 3. The van der Waals surface area contributed by atoms with E-state index in [0.717, 1.165) is 11.1 Å². The van der Waals surface area contributed by atoms with Gasteiger partial charge in [0, 0.05) is 30.5 Å². The molecule has 2 aromatic heterocycles. The lowest BCUT2D eigenvalue weighted by Gasteiger charge is -2.26. The van der Waals surface area contributed by atoms with Gasteiger partial charge in [-0.05, 0) is 30.3 Å². The summed E-state index contributed by atoms with van der Waals surface area (Å²) in [6.45, 7) is 2.43. The standard InChI is InChI=1S/C17H18N6O2/c18-14-13-5-6-19-15(13)22-17(21-14)20-12-3-1-11(2-4-12)16(24)23-7-9-25-10-8-23/h1-6H,7-10H2,(H4,18,19,20,21,22). The van der Waals surface area contributed by atoms with Gasteiger partial charge in [-0.2, -0.15) is 9.97 Å². The van der Waals surface area contributed by atoms with Crippen LogP contribution < -0.4 is 11.1 Å². The average molecular weight is 338 g/mol. The molecule has 0 aliphatic carbocycles. The summed E-state index contributed by atoms with van der Waals surface area (Å²) in [6.07, 6.45) is 1.77. The van der Waals surface area contributed by atoms with Gasteiger partial charge in [-0.1, -0.05) is 0 Å². The molecule has 0 saturated carbocycles. The second kappa shape index (κ2) is 6.40. The number of fused-ring (bicyclic) bond motifs is 1. The predicted molar refractivity (Wildman–Crippen MR) is 94.7 cm³/mol. The number of morpholine rings is 1. The number of aromatic amines is 1. The van der Waals surface area contributed by atoms with E-state index in [1.807, 2.05) is 18.2 Å². The zero-order valence-corrected chi connectivity index (χ0v) is 13.5. The zero-order valence-electron chi connectivity index (χ0n) is 13.5. The SMILES string of the molecule is Nc1nc(Nc2ccc(C(=O)N3CCOCC3)cc2)nc2[nH]ccc12. The number of carbonyl (C=O) groups excluding carboxylic acids is 1. The lowest BCUT2D eigenvalue weighted by molar-refractivity contribution is 0.0303. The van der Waals surface area contributed by atoms with Crippen molar-refractivity contribution >= 4 is 34.4 Å². The molecule has 0 atom stereocenters. The third-order valence-corrected chi connectivity index (χ3v) is 4.13. The Kier molecular flexibility index (Phi) is 3.95. The van der Waals surface area contributed by atoms with Crippen molar-refractivity contribution in [3.8, 4) is 0 Å². The normalized spacial score (nSPS) is 14.6. The molecule has 4 N–H and O–H groups in total. The van der Waals surface area contributed by atoms with Gasteiger partial charge in [0.2, 0.25) is 5.95 Å². The van der Waals surface area contributed by atoms with Gasteiger partial charge in [-0.15, -0.1) is 0 Å². The number of nitrogen functional groups attached to an aromatic ring is 1. The first-order valence-electron chi connectivity index (χ1n) is 8.05. The molecule has 25 heavy (non-hydrogen) atoms. The maximum Gasteiger partial charge on any atom is 0.254 e. The summed E-state index contributed by atoms with van der Waals surface area (Å²) in [6, 6.07) is 9.06. The molecular formula is C17H18N6O2. The Hall–Kier alpha value is -3.13. The van der Waals surface area contributed by atoms with Crippen LogP contribution in [0.2, 0.25) is 0 Å². The van der Waals surface area contributed by atoms with Gasteiger partial charge in [-0.3, -0.25) is 4.79 Å². The van der Waals surface area contributed by atoms with Crippen LogP contribution in [0.4, 0.5) is 17.5 Å². The third-order valence-electron chi connectivity index (χ3n) is 4.13. The number of hydrogen-bond donors (Lipinski definition) is 3. The fourth-order valence-corrected chi connectivity index (χ4v) is 2.80. The van der Waals surface area contributed by atoms with Crippen molar-refractivity contribution in [3.05, 3.63) is 42.1 Å². The molecular weight excluding hydrogens is 320 g/mol. The van der Waals surface area contributed by atoms with Crippen molar-refractivity contribution in [1.82, 2.24) is 19.9 Å². The number of H-pyrrole nitrogens is 1. The number of amides is 1. The lowest BCUT2D eigenvalue weighted by atomic mass is 10.1. The monoisotopic (exact) mass is 338 g/mol. The molecule has 1 aliphatic heterocycles. The van der Waals surface area contributed by atoms with Gasteiger partial charge < -0.3 is 25.7 Å². The predicted octanol–water partition coefficient (Wildman–Crippen LogP) is 1.76. The minimum atomic E-state index is 0.0168. The van der Waals surface area contributed by atoms with Crippen LogP contribution >= 0.6 is 0 Å². The van der Waals surface area contributed by atoms with Crippen LogP contribution in [-0.4, -0.2) is 52.1 Å². The summed E-state index contributed by atoms with van der Waals surface area (Å²) in [5, 5.41) is 3.89. The Morgan fingerprint density at radius 2 is 1.92 bits per heavy atom. The minimum absolute atomic E-state index is 0.0168. The summed E-state index contributed by atoms with van der Waals surface area (Å²) in [7, 11) is 0. The number of nitrogens with one attached hydrogen (secondary N) is 2. The molecule has 128 valence electrons. The average Bonchev–Trinajstić information content (AvgIpc) is 3.12. The first kappa shape index (κ1) is 15.4. The summed E-state index contributed by atoms with van der Waals surface area (Å²) in [4.78, 5) is 25.9. The van der Waals surface area contributed by atoms with Gasteiger partial charge in [0.15, 0.2) is 0 Å². The molecule has 4 rings (SSSR count). The van der Waals surface area contributed by atoms with E-state index in [9.17, 15) is 4.79 Å². The van der Waals surface area contributed by atoms with Gasteiger partial charge in [0.1, 0.15) is 11.5 Å². The highest BCUT2D eigenvalue weighted by Crippen LogP contribution is 2.21. The molecule has 3 heterocycles. The summed E-state index contributed by atoms with van der Waals surface area (Å²) in [5.74, 6) is 0.829. The second-order valence-corrected chi connectivity index (χ2v) is 5.78. The second-order valence-electron chi connectivity index (χ2n) is 5.78. The first-order chi connectivity index (χ1) is 12.2. The van der Waals surface area contributed by atoms with E-state index in [-0.39, 0.29) is 5.91 Å². The van der Waals surface area contributed by atoms with Crippen LogP contribution in [0.1, 0.15) is 10.4 Å². The molecule has 1 amide bonds. The molecule has 0 spiro atoms. The van der Waals surface area contributed by atoms with Gasteiger partial charge in [0.25, 0.3) is 5.91 Å². The number of ether oxygens (including phenoxy) is 1. The maximum absolute atomic E-state index is 12.4. The smallest absolute Gasteiger partial charge is 0.254 e. The molecule has 1 fully saturated rings. The lowest BCUT2D eigenvalue weighted by Crippen LogP contribution is -2.40. The fourth-order valence-electron chi connectivity index (χ4n) is 2.80. The molecule has 0 bridgehead atoms. The van der Waals surface area contributed by atoms with E-state index in [4.69, 9.17) is 10.5 Å². The van der Waals surface area contributed by atoms with Crippen molar-refractivity contribution in [2.24, 2.45) is 0 Å². The molecule has 1 saturated heterocycles. The van der Waals surface area contributed by atoms with Crippen LogP contribution in [-0.2, 0) is 4.74 Å². The number of carbonyl (C=O) groups is 1. The number of benzene rings is 1. The number of nitrogens with two attached hydrogens (primary N) is 1. The summed E-state index contributed by atoms with van der Waals surface area (Å²) < 4.78 is 5.27. The quantitative estimate of drug-likeness (QED) is 0.671. The first-order valence-corrected chi connectivity index (χ1v) is 8.05. The Morgan fingerprint density at radius 1 is 1.16 bits per heavy atom. The third kappa shape index (κ3) is 3.11. The van der Waals surface area contributed by atoms with Gasteiger partial charge in [-0.25, -0.2) is 0 Å². The van der Waals surface area contributed by atoms with Crippen molar-refractivity contribution in [2.45, 2.75) is 0 Å². The van der Waals surface area contributed by atoms with Crippen LogP contribution in [0.25, 0.3) is 11.0 Å². The van der Waals surface area contributed by atoms with Crippen LogP contribution in [0.15, 0.2) is 36.5 Å². The fraction of sp³-hybridized carbons (Fsp3) is 0.235. The van der Waals surface area contributed by atoms with Gasteiger partial charge in [0.05, 0.1) is 18.6 Å². The highest BCUT2D eigenvalue weighted by Gasteiger charge is 2.18. The number of rotatable bonds is 3. The molecule has 1 aliphatic rings. The van der Waals surface area contributed by atoms with E-state index >= 15 is 0 Å². The molecule has 1 aromatic carbocycles. The van der Waals surface area contributed by atoms with Crippen LogP contribution in [0.5, 0.6) is 0 Å². The van der Waals surface area contributed by atoms with E-state index < -0.39 is 0 Å². The Labute approximate surface area is 144 Å². The van der Waals surface area contributed by atoms with E-state index in [1.54, 1.807) is 23.2 Å². The summed E-state index contributed by atoms with van der Waals surface area (Å²) in [5.41, 5.74) is 8.03. The molecule has 3 aromatic rings. The Balaban J connectivity index is 1.50. The molecule has 0 radical (unpaired) electrons. The highest BCUT2D eigenvalue weighted by atomic mass is 16.5. The zero-order chi connectivity index (χ0) is 17.2. The highest BCUT2D eigenvalue weighted by molar-refractivity contribution is 5.94. The van der Waals surface area contributed by atoms with Crippen molar-refractivity contribution in [3.63, 3.8) is 0 Å². The largest absolute Gasteiger partial charge is 0.383 e.